The molecule has 0 N–H and O–H groups in total. The lowest BCUT2D eigenvalue weighted by Crippen LogP contribution is -2.33. The van der Waals surface area contributed by atoms with Gasteiger partial charge in [-0.25, -0.2) is 0 Å². The molecule has 1 atom stereocenters. The van der Waals surface area contributed by atoms with Crippen LogP contribution in [0, 0.1) is 0 Å². The average Bonchev–Trinajstić information content (AvgIpc) is 2.94. The van der Waals surface area contributed by atoms with E-state index in [4.69, 9.17) is 4.74 Å². The predicted molar refractivity (Wildman–Crippen MR) is 93.5 cm³/mol. The largest absolute Gasteiger partial charge is 0.494 e. The maximum Gasteiger partial charge on any atom is 0.233 e. The lowest BCUT2D eigenvalue weighted by atomic mass is 10.0. The molecule has 122 valence electrons. The van der Waals surface area contributed by atoms with E-state index in [2.05, 4.69) is 37.8 Å². The topological polar surface area (TPSA) is 29.5 Å². The summed E-state index contributed by atoms with van der Waals surface area (Å²) in [5.41, 5.74) is 1.22. The Morgan fingerprint density at radius 2 is 2.00 bits per heavy atom. The zero-order chi connectivity index (χ0) is 16.2. The van der Waals surface area contributed by atoms with Gasteiger partial charge in [-0.05, 0) is 37.5 Å². The first-order chi connectivity index (χ1) is 10.4. The van der Waals surface area contributed by atoms with Crippen molar-refractivity contribution in [1.29, 1.82) is 0 Å². The Kier molecular flexibility index (Phi) is 5.79. The Balaban J connectivity index is 2.02. The van der Waals surface area contributed by atoms with Crippen molar-refractivity contribution in [3.05, 3.63) is 29.8 Å². The molecule has 0 bridgehead atoms. The van der Waals surface area contributed by atoms with Crippen LogP contribution in [0.1, 0.15) is 52.1 Å². The highest BCUT2D eigenvalue weighted by Crippen LogP contribution is 2.34. The Labute approximate surface area is 138 Å². The Morgan fingerprint density at radius 1 is 1.32 bits per heavy atom. The quantitative estimate of drug-likeness (QED) is 0.810. The number of likely N-dealkylation sites (tertiary alicyclic amines) is 1. The number of amides is 1. The number of rotatable bonds is 5. The fourth-order valence-electron chi connectivity index (χ4n) is 2.73. The van der Waals surface area contributed by atoms with Crippen molar-refractivity contribution in [3.63, 3.8) is 0 Å². The number of carbonyl (C=O) groups excluding carboxylic acids is 1. The van der Waals surface area contributed by atoms with Crippen molar-refractivity contribution in [2.45, 2.75) is 51.3 Å². The molecule has 4 heteroatoms. The van der Waals surface area contributed by atoms with E-state index in [1.54, 1.807) is 11.8 Å². The van der Waals surface area contributed by atoms with E-state index in [1.807, 2.05) is 19.1 Å². The third-order valence-corrected chi connectivity index (χ3v) is 5.03. The number of thioether (sulfide) groups is 1. The molecular weight excluding hydrogens is 294 g/mol. The molecular formula is C18H27NO2S. The van der Waals surface area contributed by atoms with Gasteiger partial charge in [0.2, 0.25) is 5.91 Å². The van der Waals surface area contributed by atoms with Gasteiger partial charge >= 0.3 is 0 Å². The highest BCUT2D eigenvalue weighted by Gasteiger charge is 2.30. The molecule has 0 aromatic heterocycles. The Bertz CT molecular complexity index is 493. The minimum Gasteiger partial charge on any atom is -0.494 e. The summed E-state index contributed by atoms with van der Waals surface area (Å²) in [4.78, 5) is 14.6. The summed E-state index contributed by atoms with van der Waals surface area (Å²) in [6, 6.07) is 8.42. The minimum absolute atomic E-state index is 0.129. The molecule has 1 fully saturated rings. The molecule has 1 unspecified atom stereocenters. The van der Waals surface area contributed by atoms with Crippen LogP contribution in [0.4, 0.5) is 0 Å². The molecule has 0 aliphatic carbocycles. The molecule has 22 heavy (non-hydrogen) atoms. The van der Waals surface area contributed by atoms with Crippen LogP contribution >= 0.6 is 11.8 Å². The molecule has 1 aliphatic heterocycles. The van der Waals surface area contributed by atoms with Gasteiger partial charge in [0.25, 0.3) is 0 Å². The second kappa shape index (κ2) is 7.40. The molecule has 3 nitrogen and oxygen atoms in total. The molecule has 2 rings (SSSR count). The lowest BCUT2D eigenvalue weighted by molar-refractivity contribution is -0.129. The zero-order valence-electron chi connectivity index (χ0n) is 14.1. The van der Waals surface area contributed by atoms with Crippen LogP contribution < -0.4 is 4.74 Å². The molecule has 0 spiro atoms. The van der Waals surface area contributed by atoms with E-state index < -0.39 is 0 Å². The van der Waals surface area contributed by atoms with E-state index in [1.165, 1.54) is 5.56 Å². The normalized spacial score (nSPS) is 18.5. The van der Waals surface area contributed by atoms with Gasteiger partial charge in [0.1, 0.15) is 5.75 Å². The summed E-state index contributed by atoms with van der Waals surface area (Å²) >= 11 is 1.72. The summed E-state index contributed by atoms with van der Waals surface area (Å²) in [5.74, 6) is 1.72. The van der Waals surface area contributed by atoms with Crippen LogP contribution in [0.15, 0.2) is 24.3 Å². The van der Waals surface area contributed by atoms with Crippen molar-refractivity contribution >= 4 is 17.7 Å². The van der Waals surface area contributed by atoms with E-state index in [-0.39, 0.29) is 16.7 Å². The first-order valence-corrected chi connectivity index (χ1v) is 9.05. The Hall–Kier alpha value is -1.16. The van der Waals surface area contributed by atoms with Crippen LogP contribution in [0.25, 0.3) is 0 Å². The highest BCUT2D eigenvalue weighted by molar-refractivity contribution is 8.01. The van der Waals surface area contributed by atoms with Crippen LogP contribution in [0.3, 0.4) is 0 Å². The molecule has 1 aromatic rings. The van der Waals surface area contributed by atoms with Gasteiger partial charge in [-0.15, -0.1) is 11.8 Å². The summed E-state index contributed by atoms with van der Waals surface area (Å²) < 4.78 is 5.62. The second-order valence-electron chi connectivity index (χ2n) is 6.65. The first kappa shape index (κ1) is 17.2. The highest BCUT2D eigenvalue weighted by atomic mass is 32.2. The standard InChI is InChI=1S/C18H27NO2S/c1-5-21-15-10-8-14(9-11-15)16-7-6-12-19(16)17(20)13-22-18(2,3)4/h8-11,16H,5-7,12-13H2,1-4H3. The monoisotopic (exact) mass is 321 g/mol. The molecule has 0 saturated carbocycles. The molecule has 1 amide bonds. The van der Waals surface area contributed by atoms with Crippen molar-refractivity contribution in [1.82, 2.24) is 4.90 Å². The van der Waals surface area contributed by atoms with Crippen molar-refractivity contribution < 1.29 is 9.53 Å². The van der Waals surface area contributed by atoms with Gasteiger partial charge in [-0.1, -0.05) is 32.9 Å². The Morgan fingerprint density at radius 3 is 2.59 bits per heavy atom. The second-order valence-corrected chi connectivity index (χ2v) is 8.45. The van der Waals surface area contributed by atoms with E-state index >= 15 is 0 Å². The third-order valence-electron chi connectivity index (χ3n) is 3.78. The van der Waals surface area contributed by atoms with Gasteiger partial charge in [0.05, 0.1) is 18.4 Å². The van der Waals surface area contributed by atoms with Gasteiger partial charge in [0.15, 0.2) is 0 Å². The SMILES string of the molecule is CCOc1ccc(C2CCCN2C(=O)CSC(C)(C)C)cc1. The van der Waals surface area contributed by atoms with Gasteiger partial charge in [0, 0.05) is 11.3 Å². The van der Waals surface area contributed by atoms with E-state index in [9.17, 15) is 4.79 Å². The maximum absolute atomic E-state index is 12.5. The van der Waals surface area contributed by atoms with Gasteiger partial charge in [-0.2, -0.15) is 0 Å². The average molecular weight is 321 g/mol. The number of hydrogen-bond acceptors (Lipinski definition) is 3. The van der Waals surface area contributed by atoms with Gasteiger partial charge < -0.3 is 9.64 Å². The summed E-state index contributed by atoms with van der Waals surface area (Å²) in [5, 5.41) is 0. The fourth-order valence-corrected chi connectivity index (χ4v) is 3.45. The third kappa shape index (κ3) is 4.67. The van der Waals surface area contributed by atoms with E-state index in [0.29, 0.717) is 12.4 Å². The molecule has 1 heterocycles. The number of carbonyl (C=O) groups is 1. The first-order valence-electron chi connectivity index (χ1n) is 8.07. The fraction of sp³-hybridized carbons (Fsp3) is 0.611. The van der Waals surface area contributed by atoms with Gasteiger partial charge in [-0.3, -0.25) is 4.79 Å². The summed E-state index contributed by atoms with van der Waals surface area (Å²) in [6.45, 7) is 9.99. The molecule has 1 saturated heterocycles. The predicted octanol–water partition coefficient (Wildman–Crippen LogP) is 4.28. The number of ether oxygens (including phenoxy) is 1. The maximum atomic E-state index is 12.5. The van der Waals surface area contributed by atoms with Crippen molar-refractivity contribution in [2.75, 3.05) is 18.9 Å². The molecule has 1 aromatic carbocycles. The number of hydrogen-bond donors (Lipinski definition) is 0. The minimum atomic E-state index is 0.129. The summed E-state index contributed by atoms with van der Waals surface area (Å²) in [6.07, 6.45) is 2.14. The van der Waals surface area contributed by atoms with Crippen molar-refractivity contribution in [3.8, 4) is 5.75 Å². The van der Waals surface area contributed by atoms with Crippen LogP contribution in [-0.2, 0) is 4.79 Å². The van der Waals surface area contributed by atoms with Crippen molar-refractivity contribution in [2.24, 2.45) is 0 Å². The van der Waals surface area contributed by atoms with Crippen LogP contribution in [0.2, 0.25) is 0 Å². The number of benzene rings is 1. The zero-order valence-corrected chi connectivity index (χ0v) is 14.9. The summed E-state index contributed by atoms with van der Waals surface area (Å²) in [7, 11) is 0. The van der Waals surface area contributed by atoms with Crippen LogP contribution in [-0.4, -0.2) is 34.5 Å². The number of nitrogens with zero attached hydrogens (tertiary/aromatic N) is 1. The molecule has 0 radical (unpaired) electrons. The lowest BCUT2D eigenvalue weighted by Gasteiger charge is -2.27. The molecule has 1 aliphatic rings. The van der Waals surface area contributed by atoms with Crippen LogP contribution in [0.5, 0.6) is 5.75 Å². The smallest absolute Gasteiger partial charge is 0.233 e. The van der Waals surface area contributed by atoms with E-state index in [0.717, 1.165) is 25.1 Å².